The van der Waals surface area contributed by atoms with Crippen molar-refractivity contribution in [2.75, 3.05) is 0 Å². The largest absolute Gasteiger partial charge is 0.274 e. The summed E-state index contributed by atoms with van der Waals surface area (Å²) in [6.07, 6.45) is 0. The highest BCUT2D eigenvalue weighted by molar-refractivity contribution is 8.30. The van der Waals surface area contributed by atoms with Gasteiger partial charge in [-0.1, -0.05) is 0 Å². The lowest BCUT2D eigenvalue weighted by Crippen LogP contribution is -2.33. The molecule has 1 atom stereocenters. The van der Waals surface area contributed by atoms with Crippen LogP contribution in [0.4, 0.5) is 0 Å². The fourth-order valence-corrected chi connectivity index (χ4v) is 0.953. The van der Waals surface area contributed by atoms with Gasteiger partial charge in [-0.05, 0) is 0 Å². The van der Waals surface area contributed by atoms with Crippen molar-refractivity contribution in [2.45, 2.75) is 6.92 Å². The summed E-state index contributed by atoms with van der Waals surface area (Å²) >= 11 is 4.13. The molecule has 3 N–H and O–H groups in total. The van der Waals surface area contributed by atoms with Gasteiger partial charge < -0.3 is 0 Å². The highest BCUT2D eigenvalue weighted by Crippen LogP contribution is 1.66. The van der Waals surface area contributed by atoms with E-state index >= 15 is 0 Å². The van der Waals surface area contributed by atoms with Gasteiger partial charge in [0.2, 0.25) is 5.91 Å². The molecule has 1 amide bonds. The second-order valence-electron chi connectivity index (χ2n) is 1.20. The van der Waals surface area contributed by atoms with Crippen molar-refractivity contribution in [3.63, 3.8) is 0 Å². The van der Waals surface area contributed by atoms with E-state index in [4.69, 9.17) is 5.14 Å². The van der Waals surface area contributed by atoms with Crippen LogP contribution in [0, 0.1) is 0 Å². The first-order chi connectivity index (χ1) is 3.42. The molecule has 0 saturated heterocycles. The van der Waals surface area contributed by atoms with Crippen LogP contribution in [0.1, 0.15) is 6.92 Å². The molecule has 0 heterocycles. The Labute approximate surface area is 52.4 Å². The summed E-state index contributed by atoms with van der Waals surface area (Å²) in [4.78, 5) is 10.0. The van der Waals surface area contributed by atoms with E-state index in [1.807, 2.05) is 4.72 Å². The van der Waals surface area contributed by atoms with Gasteiger partial charge in [-0.2, -0.15) is 0 Å². The van der Waals surface area contributed by atoms with Gasteiger partial charge in [-0.25, -0.2) is 9.35 Å². The van der Waals surface area contributed by atoms with Crippen LogP contribution < -0.4 is 9.86 Å². The summed E-state index contributed by atoms with van der Waals surface area (Å²) in [5.74, 6) is -0.479. The highest BCUT2D eigenvalue weighted by Gasteiger charge is 1.96. The molecule has 0 rings (SSSR count). The van der Waals surface area contributed by atoms with Gasteiger partial charge >= 0.3 is 0 Å². The average Bonchev–Trinajstić information content (AvgIpc) is 1.21. The molecule has 4 nitrogen and oxygen atoms in total. The van der Waals surface area contributed by atoms with Crippen LogP contribution in [-0.2, 0) is 24.8 Å². The lowest BCUT2D eigenvalue weighted by atomic mass is 10.8. The molecule has 6 heteroatoms. The predicted octanol–water partition coefficient (Wildman–Crippen LogP) is -1.34. The summed E-state index contributed by atoms with van der Waals surface area (Å²) in [6, 6.07) is 0. The molecule has 0 radical (unpaired) electrons. The van der Waals surface area contributed by atoms with Crippen molar-refractivity contribution in [1.82, 2.24) is 4.72 Å². The quantitative estimate of drug-likeness (QED) is 0.491. The second-order valence-corrected chi connectivity index (χ2v) is 3.98. The van der Waals surface area contributed by atoms with E-state index < -0.39 is 14.8 Å². The van der Waals surface area contributed by atoms with Gasteiger partial charge in [0, 0.05) is 18.1 Å². The fourth-order valence-electron chi connectivity index (χ4n) is 0.200. The molecular weight excluding hydrogens is 148 g/mol. The third kappa shape index (κ3) is 5.80. The number of carbonyl (C=O) groups excluding carboxylic acids is 1. The molecule has 0 aromatic carbocycles. The Balaban J connectivity index is 3.95. The number of hydrogen-bond acceptors (Lipinski definition) is 3. The Bertz CT molecular complexity index is 182. The van der Waals surface area contributed by atoms with Crippen LogP contribution in [0.5, 0.6) is 0 Å². The van der Waals surface area contributed by atoms with Crippen LogP contribution in [-0.4, -0.2) is 10.1 Å². The molecule has 0 aliphatic carbocycles. The summed E-state index contributed by atoms with van der Waals surface area (Å²) in [5.41, 5.74) is 0. The van der Waals surface area contributed by atoms with Crippen LogP contribution in [0.15, 0.2) is 0 Å². The van der Waals surface area contributed by atoms with Gasteiger partial charge in [-0.15, -0.1) is 0 Å². The minimum Gasteiger partial charge on any atom is -0.274 e. The van der Waals surface area contributed by atoms with Gasteiger partial charge in [-0.3, -0.25) is 9.52 Å². The zero-order valence-corrected chi connectivity index (χ0v) is 5.84. The van der Waals surface area contributed by atoms with E-state index in [1.165, 1.54) is 6.92 Å². The van der Waals surface area contributed by atoms with Gasteiger partial charge in [0.1, 0.15) is 0 Å². The lowest BCUT2D eigenvalue weighted by molar-refractivity contribution is -0.117. The van der Waals surface area contributed by atoms with Crippen molar-refractivity contribution in [1.29, 1.82) is 0 Å². The first-order valence-electron chi connectivity index (χ1n) is 1.73. The third-order valence-electron chi connectivity index (χ3n) is 0.286. The zero-order chi connectivity index (χ0) is 6.78. The first-order valence-corrected chi connectivity index (χ1v) is 4.27. The summed E-state index contributed by atoms with van der Waals surface area (Å²) in [5, 5.41) is 4.75. The molecule has 0 fully saturated rings. The van der Waals surface area contributed by atoms with Crippen LogP contribution in [0.2, 0.25) is 0 Å². The van der Waals surface area contributed by atoms with Crippen molar-refractivity contribution in [3.05, 3.63) is 0 Å². The molecule has 0 bridgehead atoms. The number of rotatable bonds is 1. The standard InChI is InChI=1S/C2H6N2O2S2/c1-2(5)4-8(3,6)7/h1H3,(H,4,5)(H2,3,6,7). The minimum absolute atomic E-state index is 0.479. The van der Waals surface area contributed by atoms with E-state index in [1.54, 1.807) is 0 Å². The zero-order valence-electron chi connectivity index (χ0n) is 4.21. The molecular formula is C2H6N2O2S2. The van der Waals surface area contributed by atoms with Crippen LogP contribution in [0.3, 0.4) is 0 Å². The number of nitrogens with one attached hydrogen (secondary N) is 1. The molecule has 0 aromatic rings. The second kappa shape index (κ2) is 2.38. The minimum atomic E-state index is -2.99. The summed E-state index contributed by atoms with van der Waals surface area (Å²) < 4.78 is 12.1. The number of carbonyl (C=O) groups is 1. The number of nitrogens with two attached hydrogens (primary N) is 1. The molecule has 0 saturated carbocycles. The Morgan fingerprint density at radius 3 is 2.25 bits per heavy atom. The number of hydrogen-bond donors (Lipinski definition) is 2. The Morgan fingerprint density at radius 1 is 1.88 bits per heavy atom. The van der Waals surface area contributed by atoms with Crippen molar-refractivity contribution >= 4 is 26.0 Å². The molecule has 1 unspecified atom stereocenters. The Kier molecular flexibility index (Phi) is 2.32. The molecule has 48 valence electrons. The van der Waals surface area contributed by atoms with E-state index in [0.29, 0.717) is 0 Å². The van der Waals surface area contributed by atoms with Crippen molar-refractivity contribution < 1.29 is 9.00 Å². The van der Waals surface area contributed by atoms with Crippen LogP contribution in [0.25, 0.3) is 0 Å². The first kappa shape index (κ1) is 7.80. The molecule has 0 aromatic heterocycles. The van der Waals surface area contributed by atoms with Gasteiger partial charge in [0.15, 0.2) is 8.86 Å². The van der Waals surface area contributed by atoms with E-state index in [9.17, 15) is 9.00 Å². The maximum absolute atomic E-state index is 10.3. The fraction of sp³-hybridized carbons (Fsp3) is 0.500. The molecule has 0 spiro atoms. The summed E-state index contributed by atoms with van der Waals surface area (Å²) in [7, 11) is -2.99. The third-order valence-corrected chi connectivity index (χ3v) is 1.11. The van der Waals surface area contributed by atoms with E-state index in [-0.39, 0.29) is 0 Å². The smallest absolute Gasteiger partial charge is 0.229 e. The lowest BCUT2D eigenvalue weighted by Gasteiger charge is -1.96. The molecule has 0 aliphatic rings. The van der Waals surface area contributed by atoms with E-state index in [0.717, 1.165) is 0 Å². The summed E-state index contributed by atoms with van der Waals surface area (Å²) in [6.45, 7) is 1.19. The van der Waals surface area contributed by atoms with E-state index in [2.05, 4.69) is 11.2 Å². The Hall–Kier alpha value is -0.200. The average molecular weight is 154 g/mol. The normalized spacial score (nSPS) is 16.8. The SMILES string of the molecule is CC(=O)NS(N)(=O)=S. The van der Waals surface area contributed by atoms with Crippen molar-refractivity contribution in [3.8, 4) is 0 Å². The predicted molar refractivity (Wildman–Crippen MR) is 33.5 cm³/mol. The van der Waals surface area contributed by atoms with Crippen LogP contribution >= 0.6 is 0 Å². The van der Waals surface area contributed by atoms with Crippen molar-refractivity contribution in [2.24, 2.45) is 5.14 Å². The number of amides is 1. The van der Waals surface area contributed by atoms with Gasteiger partial charge in [0.05, 0.1) is 0 Å². The monoisotopic (exact) mass is 154 g/mol. The molecule has 0 aliphatic heterocycles. The maximum atomic E-state index is 10.3. The maximum Gasteiger partial charge on any atom is 0.229 e. The molecule has 8 heavy (non-hydrogen) atoms. The topological polar surface area (TPSA) is 72.2 Å². The Morgan fingerprint density at radius 2 is 2.25 bits per heavy atom. The highest BCUT2D eigenvalue weighted by atomic mass is 32.8. The van der Waals surface area contributed by atoms with Gasteiger partial charge in [0.25, 0.3) is 0 Å².